The van der Waals surface area contributed by atoms with Crippen LogP contribution in [-0.4, -0.2) is 16.5 Å². The summed E-state index contributed by atoms with van der Waals surface area (Å²) in [4.78, 5) is 5.65. The van der Waals surface area contributed by atoms with E-state index in [9.17, 15) is 5.26 Å². The van der Waals surface area contributed by atoms with Gasteiger partial charge in [-0.15, -0.1) is 11.3 Å². The Morgan fingerprint density at radius 1 is 1.36 bits per heavy atom. The smallest absolute Gasteiger partial charge is 0.194 e. The Balaban J connectivity index is 2.30. The number of thiazole rings is 1. The lowest BCUT2D eigenvalue weighted by atomic mass is 10.1. The molecule has 0 saturated heterocycles. The average Bonchev–Trinajstić information content (AvgIpc) is 3.08. The summed E-state index contributed by atoms with van der Waals surface area (Å²) in [6.07, 6.45) is 0.355. The van der Waals surface area contributed by atoms with E-state index in [0.717, 1.165) is 33.4 Å². The van der Waals surface area contributed by atoms with Crippen molar-refractivity contribution in [1.82, 2.24) is 9.38 Å². The third-order valence-electron chi connectivity index (χ3n) is 3.67. The van der Waals surface area contributed by atoms with Gasteiger partial charge >= 0.3 is 0 Å². The number of rotatable bonds is 4. The second-order valence-electron chi connectivity index (χ2n) is 5.37. The molecule has 0 saturated carbocycles. The molecule has 0 bridgehead atoms. The van der Waals surface area contributed by atoms with Crippen LogP contribution in [0.1, 0.15) is 31.2 Å². The van der Waals surface area contributed by atoms with E-state index in [1.807, 2.05) is 24.3 Å². The number of ether oxygens (including phenoxy) is 1. The Bertz CT molecular complexity index is 855. The fourth-order valence-corrected chi connectivity index (χ4v) is 3.60. The third-order valence-corrected chi connectivity index (χ3v) is 4.49. The Hall–Kier alpha value is -2.32. The lowest BCUT2D eigenvalue weighted by molar-refractivity contribution is 0.416. The molecule has 22 heavy (non-hydrogen) atoms. The van der Waals surface area contributed by atoms with Gasteiger partial charge in [0.05, 0.1) is 36.7 Å². The molecule has 0 aliphatic carbocycles. The molecule has 0 atom stereocenters. The van der Waals surface area contributed by atoms with Crippen molar-refractivity contribution in [2.24, 2.45) is 0 Å². The highest BCUT2D eigenvalue weighted by atomic mass is 32.1. The van der Waals surface area contributed by atoms with E-state index in [1.54, 1.807) is 18.4 Å². The maximum atomic E-state index is 9.19. The zero-order chi connectivity index (χ0) is 15.7. The molecule has 1 aromatic carbocycles. The zero-order valence-electron chi connectivity index (χ0n) is 12.8. The third kappa shape index (κ3) is 2.26. The van der Waals surface area contributed by atoms with Crippen LogP contribution in [0.3, 0.4) is 0 Å². The molecule has 0 fully saturated rings. The first kappa shape index (κ1) is 14.6. The van der Waals surface area contributed by atoms with Gasteiger partial charge in [0.15, 0.2) is 4.96 Å². The van der Waals surface area contributed by atoms with Gasteiger partial charge in [-0.25, -0.2) is 4.98 Å². The van der Waals surface area contributed by atoms with Crippen molar-refractivity contribution < 1.29 is 4.74 Å². The van der Waals surface area contributed by atoms with E-state index in [1.165, 1.54) is 0 Å². The van der Waals surface area contributed by atoms with Gasteiger partial charge < -0.3 is 4.74 Å². The van der Waals surface area contributed by atoms with Crippen LogP contribution < -0.4 is 4.74 Å². The van der Waals surface area contributed by atoms with Crippen molar-refractivity contribution in [2.75, 3.05) is 7.11 Å². The number of hydrogen-bond donors (Lipinski definition) is 0. The molecule has 0 aliphatic rings. The number of aromatic nitrogens is 2. The molecule has 3 aromatic rings. The molecule has 0 amide bonds. The number of benzene rings is 1. The van der Waals surface area contributed by atoms with E-state index in [4.69, 9.17) is 9.72 Å². The summed E-state index contributed by atoms with van der Waals surface area (Å²) in [7, 11) is 1.67. The molecule has 4 nitrogen and oxygen atoms in total. The highest BCUT2D eigenvalue weighted by Crippen LogP contribution is 2.35. The van der Waals surface area contributed by atoms with E-state index >= 15 is 0 Å². The van der Waals surface area contributed by atoms with Crippen molar-refractivity contribution in [3.63, 3.8) is 0 Å². The molecule has 2 aromatic heterocycles. The van der Waals surface area contributed by atoms with Gasteiger partial charge in [-0.05, 0) is 18.1 Å². The highest BCUT2D eigenvalue weighted by molar-refractivity contribution is 7.15. The van der Waals surface area contributed by atoms with E-state index in [-0.39, 0.29) is 0 Å². The summed E-state index contributed by atoms with van der Waals surface area (Å²) in [6.45, 7) is 4.21. The second-order valence-corrected chi connectivity index (χ2v) is 6.21. The summed E-state index contributed by atoms with van der Waals surface area (Å²) in [5.74, 6) is 1.12. The van der Waals surface area contributed by atoms with Crippen LogP contribution in [0.4, 0.5) is 0 Å². The number of para-hydroxylation sites is 1. The number of fused-ring (bicyclic) bond motifs is 1. The normalized spacial score (nSPS) is 11.0. The number of nitriles is 1. The fraction of sp³-hybridized carbons (Fsp3) is 0.294. The number of methoxy groups -OCH3 is 1. The minimum absolute atomic E-state index is 0.293. The average molecular weight is 311 g/mol. The molecular formula is C17H17N3OS. The van der Waals surface area contributed by atoms with Gasteiger partial charge in [-0.3, -0.25) is 4.40 Å². The first-order valence-corrected chi connectivity index (χ1v) is 8.04. The second kappa shape index (κ2) is 5.82. The summed E-state index contributed by atoms with van der Waals surface area (Å²) in [5, 5.41) is 11.3. The molecule has 2 heterocycles. The number of imidazole rings is 1. The van der Waals surface area contributed by atoms with Gasteiger partial charge in [-0.2, -0.15) is 5.26 Å². The molecule has 0 unspecified atom stereocenters. The van der Waals surface area contributed by atoms with Crippen LogP contribution in [-0.2, 0) is 6.42 Å². The van der Waals surface area contributed by atoms with Crippen LogP contribution in [0.25, 0.3) is 16.2 Å². The van der Waals surface area contributed by atoms with Gasteiger partial charge in [-0.1, -0.05) is 26.0 Å². The Labute approximate surface area is 133 Å². The van der Waals surface area contributed by atoms with Gasteiger partial charge in [0, 0.05) is 10.9 Å². The summed E-state index contributed by atoms with van der Waals surface area (Å²) in [5.41, 5.74) is 4.03. The Morgan fingerprint density at radius 2 is 2.14 bits per heavy atom. The van der Waals surface area contributed by atoms with Gasteiger partial charge in [0.25, 0.3) is 0 Å². The maximum Gasteiger partial charge on any atom is 0.194 e. The number of hydrogen-bond acceptors (Lipinski definition) is 4. The zero-order valence-corrected chi connectivity index (χ0v) is 13.6. The lowest BCUT2D eigenvalue weighted by Crippen LogP contribution is -1.99. The predicted octanol–water partition coefficient (Wildman–Crippen LogP) is 4.26. The first-order valence-electron chi connectivity index (χ1n) is 7.16. The largest absolute Gasteiger partial charge is 0.496 e. The van der Waals surface area contributed by atoms with Crippen molar-refractivity contribution in [1.29, 1.82) is 5.26 Å². The number of nitrogens with zero attached hydrogens (tertiary/aromatic N) is 3. The molecule has 0 aliphatic heterocycles. The maximum absolute atomic E-state index is 9.19. The topological polar surface area (TPSA) is 50.3 Å². The van der Waals surface area contributed by atoms with Crippen LogP contribution in [0, 0.1) is 11.3 Å². The summed E-state index contributed by atoms with van der Waals surface area (Å²) < 4.78 is 7.58. The standard InChI is InChI=1S/C17H17N3OS/c1-11(2)16-13(8-9-18)20-14(10-22-17(20)19-16)12-6-4-5-7-15(12)21-3/h4-7,10-11H,8H2,1-3H3. The molecule has 5 heteroatoms. The quantitative estimate of drug-likeness (QED) is 0.723. The van der Waals surface area contributed by atoms with Gasteiger partial charge in [0.2, 0.25) is 0 Å². The molecular weight excluding hydrogens is 294 g/mol. The fourth-order valence-electron chi connectivity index (χ4n) is 2.68. The first-order chi connectivity index (χ1) is 10.7. The van der Waals surface area contributed by atoms with Crippen LogP contribution in [0.2, 0.25) is 0 Å². The summed E-state index contributed by atoms with van der Waals surface area (Å²) in [6, 6.07) is 10.2. The lowest BCUT2D eigenvalue weighted by Gasteiger charge is -2.09. The minimum atomic E-state index is 0.293. The monoisotopic (exact) mass is 311 g/mol. The van der Waals surface area contributed by atoms with Crippen LogP contribution >= 0.6 is 11.3 Å². The van der Waals surface area contributed by atoms with Gasteiger partial charge in [0.1, 0.15) is 5.75 Å². The SMILES string of the molecule is COc1ccccc1-c1csc2nc(C(C)C)c(CC#N)n12. The van der Waals surface area contributed by atoms with Crippen molar-refractivity contribution in [2.45, 2.75) is 26.2 Å². The van der Waals surface area contributed by atoms with E-state index < -0.39 is 0 Å². The molecule has 0 radical (unpaired) electrons. The Kier molecular flexibility index (Phi) is 3.86. The predicted molar refractivity (Wildman–Crippen MR) is 88.5 cm³/mol. The molecule has 3 rings (SSSR count). The van der Waals surface area contributed by atoms with E-state index in [2.05, 4.69) is 29.7 Å². The van der Waals surface area contributed by atoms with E-state index in [0.29, 0.717) is 12.3 Å². The Morgan fingerprint density at radius 3 is 2.82 bits per heavy atom. The van der Waals surface area contributed by atoms with Crippen LogP contribution in [0.5, 0.6) is 5.75 Å². The van der Waals surface area contributed by atoms with Crippen molar-refractivity contribution in [3.05, 3.63) is 41.0 Å². The van der Waals surface area contributed by atoms with Crippen LogP contribution in [0.15, 0.2) is 29.6 Å². The minimum Gasteiger partial charge on any atom is -0.496 e. The molecule has 0 N–H and O–H groups in total. The molecule has 112 valence electrons. The molecule has 0 spiro atoms. The van der Waals surface area contributed by atoms with Crippen molar-refractivity contribution in [3.8, 4) is 23.1 Å². The highest BCUT2D eigenvalue weighted by Gasteiger charge is 2.20. The summed E-state index contributed by atoms with van der Waals surface area (Å²) >= 11 is 1.59. The van der Waals surface area contributed by atoms with Crippen molar-refractivity contribution >= 4 is 16.3 Å².